The number of hydrogen-bond donors (Lipinski definition) is 2. The van der Waals surface area contributed by atoms with Crippen molar-refractivity contribution in [2.45, 2.75) is 18.9 Å². The Morgan fingerprint density at radius 2 is 2.07 bits per heavy atom. The number of rotatable bonds is 1. The first kappa shape index (κ1) is 10.2. The SMILES string of the molecule is C[C@H]1CNC(=O)C(O)(c2ccccc2)C1. The minimum Gasteiger partial charge on any atom is -0.375 e. The lowest BCUT2D eigenvalue weighted by atomic mass is 9.81. The summed E-state index contributed by atoms with van der Waals surface area (Å²) in [5.41, 5.74) is -0.673. The van der Waals surface area contributed by atoms with E-state index in [4.69, 9.17) is 0 Å². The van der Waals surface area contributed by atoms with Crippen molar-refractivity contribution >= 4 is 5.91 Å². The largest absolute Gasteiger partial charge is 0.375 e. The molecule has 0 radical (unpaired) electrons. The molecule has 1 saturated heterocycles. The zero-order chi connectivity index (χ0) is 10.9. The van der Waals surface area contributed by atoms with Gasteiger partial charge in [0.15, 0.2) is 5.60 Å². The number of aliphatic hydroxyl groups is 1. The smallest absolute Gasteiger partial charge is 0.256 e. The second-order valence-corrected chi connectivity index (χ2v) is 4.25. The fourth-order valence-electron chi connectivity index (χ4n) is 2.05. The quantitative estimate of drug-likeness (QED) is 0.719. The number of nitrogens with one attached hydrogen (secondary N) is 1. The molecular weight excluding hydrogens is 190 g/mol. The van der Waals surface area contributed by atoms with Crippen molar-refractivity contribution in [1.82, 2.24) is 5.32 Å². The van der Waals surface area contributed by atoms with E-state index >= 15 is 0 Å². The molecule has 3 nitrogen and oxygen atoms in total. The van der Waals surface area contributed by atoms with E-state index < -0.39 is 5.60 Å². The Balaban J connectivity index is 2.35. The average Bonchev–Trinajstić information content (AvgIpc) is 2.25. The molecule has 1 aliphatic heterocycles. The molecule has 2 N–H and O–H groups in total. The first-order valence-electron chi connectivity index (χ1n) is 5.19. The van der Waals surface area contributed by atoms with Gasteiger partial charge in [-0.2, -0.15) is 0 Å². The minimum absolute atomic E-state index is 0.285. The van der Waals surface area contributed by atoms with Gasteiger partial charge < -0.3 is 10.4 Å². The standard InChI is InChI=1S/C12H15NO2/c1-9-7-12(15,11(14)13-8-9)10-5-3-2-4-6-10/h2-6,9,15H,7-8H2,1H3,(H,13,14)/t9-,12?/m1/s1. The lowest BCUT2D eigenvalue weighted by Gasteiger charge is -2.34. The van der Waals surface area contributed by atoms with Gasteiger partial charge in [0.1, 0.15) is 0 Å². The Labute approximate surface area is 89.1 Å². The highest BCUT2D eigenvalue weighted by Gasteiger charge is 2.41. The van der Waals surface area contributed by atoms with Crippen molar-refractivity contribution in [2.75, 3.05) is 6.54 Å². The molecule has 0 bridgehead atoms. The molecule has 1 aliphatic rings. The molecule has 0 aromatic heterocycles. The summed E-state index contributed by atoms with van der Waals surface area (Å²) in [7, 11) is 0. The van der Waals surface area contributed by atoms with Crippen molar-refractivity contribution in [3.8, 4) is 0 Å². The fraction of sp³-hybridized carbons (Fsp3) is 0.417. The number of benzene rings is 1. The van der Waals surface area contributed by atoms with Crippen LogP contribution in [0, 0.1) is 5.92 Å². The maximum Gasteiger partial charge on any atom is 0.256 e. The monoisotopic (exact) mass is 205 g/mol. The van der Waals surface area contributed by atoms with Crippen molar-refractivity contribution in [1.29, 1.82) is 0 Å². The van der Waals surface area contributed by atoms with E-state index in [1.165, 1.54) is 0 Å². The molecule has 1 fully saturated rings. The zero-order valence-corrected chi connectivity index (χ0v) is 8.73. The summed E-state index contributed by atoms with van der Waals surface area (Å²) >= 11 is 0. The zero-order valence-electron chi connectivity index (χ0n) is 8.73. The van der Waals surface area contributed by atoms with Crippen molar-refractivity contribution in [3.63, 3.8) is 0 Å². The molecule has 0 saturated carbocycles. The Hall–Kier alpha value is -1.35. The maximum atomic E-state index is 11.7. The number of hydrogen-bond acceptors (Lipinski definition) is 2. The third-order valence-corrected chi connectivity index (χ3v) is 2.88. The molecule has 1 aromatic carbocycles. The van der Waals surface area contributed by atoms with Crippen LogP contribution < -0.4 is 5.32 Å². The van der Waals surface area contributed by atoms with Gasteiger partial charge in [-0.1, -0.05) is 37.3 Å². The van der Waals surface area contributed by atoms with E-state index in [0.717, 1.165) is 0 Å². The van der Waals surface area contributed by atoms with E-state index in [9.17, 15) is 9.90 Å². The molecule has 2 atom stereocenters. The first-order chi connectivity index (χ1) is 7.13. The summed E-state index contributed by atoms with van der Waals surface area (Å²) in [5.74, 6) is 0.0136. The van der Waals surface area contributed by atoms with E-state index in [-0.39, 0.29) is 5.91 Å². The highest BCUT2D eigenvalue weighted by Crippen LogP contribution is 2.31. The van der Waals surface area contributed by atoms with Gasteiger partial charge in [-0.15, -0.1) is 0 Å². The van der Waals surface area contributed by atoms with Crippen LogP contribution in [0.5, 0.6) is 0 Å². The predicted molar refractivity (Wildman–Crippen MR) is 57.1 cm³/mol. The Bertz CT molecular complexity index is 363. The molecule has 0 spiro atoms. The summed E-state index contributed by atoms with van der Waals surface area (Å²) in [6.45, 7) is 2.67. The molecule has 1 heterocycles. The number of carbonyl (C=O) groups is 1. The van der Waals surface area contributed by atoms with E-state index in [2.05, 4.69) is 5.32 Å². The van der Waals surface area contributed by atoms with Crippen molar-refractivity contribution < 1.29 is 9.90 Å². The fourth-order valence-corrected chi connectivity index (χ4v) is 2.05. The summed E-state index contributed by atoms with van der Waals surface area (Å²) in [6.07, 6.45) is 0.489. The minimum atomic E-state index is -1.35. The summed E-state index contributed by atoms with van der Waals surface area (Å²) in [5, 5.41) is 13.1. The van der Waals surface area contributed by atoms with Gasteiger partial charge in [0.25, 0.3) is 5.91 Å². The lowest BCUT2D eigenvalue weighted by molar-refractivity contribution is -0.146. The summed E-state index contributed by atoms with van der Waals surface area (Å²) in [6, 6.07) is 9.12. The molecule has 80 valence electrons. The number of piperidine rings is 1. The Kier molecular flexibility index (Phi) is 2.49. The van der Waals surface area contributed by atoms with Crippen LogP contribution >= 0.6 is 0 Å². The molecule has 2 rings (SSSR count). The van der Waals surface area contributed by atoms with Gasteiger partial charge in [-0.05, 0) is 17.9 Å². The van der Waals surface area contributed by atoms with Crippen molar-refractivity contribution in [2.24, 2.45) is 5.92 Å². The summed E-state index contributed by atoms with van der Waals surface area (Å²) < 4.78 is 0. The third-order valence-electron chi connectivity index (χ3n) is 2.88. The number of carbonyl (C=O) groups excluding carboxylic acids is 1. The third kappa shape index (κ3) is 1.75. The lowest BCUT2D eigenvalue weighted by Crippen LogP contribution is -2.51. The second kappa shape index (κ2) is 3.66. The van der Waals surface area contributed by atoms with Crippen LogP contribution in [0.4, 0.5) is 0 Å². The second-order valence-electron chi connectivity index (χ2n) is 4.25. The molecule has 1 unspecified atom stereocenters. The van der Waals surface area contributed by atoms with Gasteiger partial charge in [0, 0.05) is 6.54 Å². The van der Waals surface area contributed by atoms with Crippen LogP contribution in [0.25, 0.3) is 0 Å². The molecule has 3 heteroatoms. The molecule has 15 heavy (non-hydrogen) atoms. The Morgan fingerprint density at radius 3 is 2.73 bits per heavy atom. The van der Waals surface area contributed by atoms with Crippen LogP contribution in [-0.2, 0) is 10.4 Å². The van der Waals surface area contributed by atoms with E-state index in [1.54, 1.807) is 12.1 Å². The van der Waals surface area contributed by atoms with Crippen LogP contribution in [0.15, 0.2) is 30.3 Å². The topological polar surface area (TPSA) is 49.3 Å². The molecule has 0 aliphatic carbocycles. The van der Waals surface area contributed by atoms with Crippen LogP contribution in [0.1, 0.15) is 18.9 Å². The van der Waals surface area contributed by atoms with Crippen LogP contribution in [0.2, 0.25) is 0 Å². The molecule has 1 aromatic rings. The predicted octanol–water partition coefficient (Wildman–Crippen LogP) is 1.03. The summed E-state index contributed by atoms with van der Waals surface area (Å²) in [4.78, 5) is 11.7. The normalized spacial score (nSPS) is 31.1. The van der Waals surface area contributed by atoms with Crippen molar-refractivity contribution in [3.05, 3.63) is 35.9 Å². The van der Waals surface area contributed by atoms with E-state index in [0.29, 0.717) is 24.4 Å². The van der Waals surface area contributed by atoms with Crippen LogP contribution in [-0.4, -0.2) is 17.6 Å². The van der Waals surface area contributed by atoms with Gasteiger partial charge >= 0.3 is 0 Å². The maximum absolute atomic E-state index is 11.7. The van der Waals surface area contributed by atoms with Crippen LogP contribution in [0.3, 0.4) is 0 Å². The van der Waals surface area contributed by atoms with Gasteiger partial charge in [0.05, 0.1) is 0 Å². The molecule has 1 amide bonds. The number of amides is 1. The van der Waals surface area contributed by atoms with Gasteiger partial charge in [-0.3, -0.25) is 4.79 Å². The highest BCUT2D eigenvalue weighted by atomic mass is 16.3. The van der Waals surface area contributed by atoms with E-state index in [1.807, 2.05) is 25.1 Å². The van der Waals surface area contributed by atoms with Gasteiger partial charge in [-0.25, -0.2) is 0 Å². The average molecular weight is 205 g/mol. The van der Waals surface area contributed by atoms with Gasteiger partial charge in [0.2, 0.25) is 0 Å². The highest BCUT2D eigenvalue weighted by molar-refractivity contribution is 5.87. The Morgan fingerprint density at radius 1 is 1.40 bits per heavy atom. The molecular formula is C12H15NO2. The first-order valence-corrected chi connectivity index (χ1v) is 5.19.